The van der Waals surface area contributed by atoms with Crippen LogP contribution < -0.4 is 4.87 Å². The van der Waals surface area contributed by atoms with Crippen molar-refractivity contribution in [2.75, 3.05) is 0 Å². The highest BCUT2D eigenvalue weighted by atomic mass is 32.1. The van der Waals surface area contributed by atoms with Crippen LogP contribution in [-0.2, 0) is 0 Å². The van der Waals surface area contributed by atoms with Crippen molar-refractivity contribution >= 4 is 23.4 Å². The minimum absolute atomic E-state index is 0.186. The number of aromatic amines is 1. The molecule has 15 heavy (non-hydrogen) atoms. The Morgan fingerprint density at radius 3 is 3.07 bits per heavy atom. The van der Waals surface area contributed by atoms with Gasteiger partial charge in [0.25, 0.3) is 0 Å². The molecule has 0 amide bonds. The molecule has 0 fully saturated rings. The molecular weight excluding hydrogens is 218 g/mol. The van der Waals surface area contributed by atoms with E-state index in [0.717, 1.165) is 11.3 Å². The number of nitrogens with zero attached hydrogens (tertiary/aromatic N) is 2. The fourth-order valence-corrected chi connectivity index (χ4v) is 1.56. The Hall–Kier alpha value is -1.89. The van der Waals surface area contributed by atoms with Gasteiger partial charge in [0.2, 0.25) is 5.88 Å². The first-order valence-corrected chi connectivity index (χ1v) is 4.86. The summed E-state index contributed by atoms with van der Waals surface area (Å²) >= 11 is 0.872. The summed E-state index contributed by atoms with van der Waals surface area (Å²) in [6, 6.07) is 1.64. The van der Waals surface area contributed by atoms with Crippen LogP contribution in [0.3, 0.4) is 0 Å². The van der Waals surface area contributed by atoms with Gasteiger partial charge in [0, 0.05) is 6.07 Å². The molecule has 0 aliphatic carbocycles. The summed E-state index contributed by atoms with van der Waals surface area (Å²) in [5.74, 6) is 0.857. The van der Waals surface area contributed by atoms with Crippen molar-refractivity contribution in [2.24, 2.45) is 4.99 Å². The topological polar surface area (TPSA) is 91.5 Å². The second kappa shape index (κ2) is 3.70. The van der Waals surface area contributed by atoms with E-state index in [4.69, 9.17) is 4.52 Å². The smallest absolute Gasteiger partial charge is 0.307 e. The van der Waals surface area contributed by atoms with Crippen LogP contribution in [0.2, 0.25) is 0 Å². The number of aliphatic imine (C=N–C) groups is 1. The van der Waals surface area contributed by atoms with Crippen molar-refractivity contribution in [1.29, 1.82) is 0 Å². The first kappa shape index (κ1) is 9.66. The summed E-state index contributed by atoms with van der Waals surface area (Å²) in [6.45, 7) is 1.75. The van der Waals surface area contributed by atoms with Crippen LogP contribution >= 0.6 is 11.3 Å². The highest BCUT2D eigenvalue weighted by Gasteiger charge is 2.03. The fraction of sp³-hybridized carbons (Fsp3) is 0.125. The lowest BCUT2D eigenvalue weighted by Crippen LogP contribution is -1.89. The van der Waals surface area contributed by atoms with Crippen molar-refractivity contribution in [3.05, 3.63) is 26.4 Å². The van der Waals surface area contributed by atoms with Crippen molar-refractivity contribution in [2.45, 2.75) is 6.92 Å². The van der Waals surface area contributed by atoms with E-state index >= 15 is 0 Å². The van der Waals surface area contributed by atoms with Gasteiger partial charge in [0.15, 0.2) is 5.82 Å². The molecule has 0 bridgehead atoms. The molecule has 0 spiro atoms. The van der Waals surface area contributed by atoms with E-state index in [9.17, 15) is 9.90 Å². The molecule has 2 aromatic rings. The number of H-pyrrole nitrogens is 1. The SMILES string of the molecule is Cc1cc(N=Cc2sc(=O)[nH]c2O)no1. The average Bonchev–Trinajstić information content (AvgIpc) is 2.70. The molecule has 2 N–H and O–H groups in total. The monoisotopic (exact) mass is 225 g/mol. The quantitative estimate of drug-likeness (QED) is 0.751. The third kappa shape index (κ3) is 2.13. The Kier molecular flexibility index (Phi) is 2.38. The van der Waals surface area contributed by atoms with Crippen LogP contribution in [0, 0.1) is 6.92 Å². The number of thiazole rings is 1. The Morgan fingerprint density at radius 1 is 1.73 bits per heavy atom. The van der Waals surface area contributed by atoms with E-state index in [2.05, 4.69) is 15.1 Å². The Bertz CT molecular complexity index is 551. The van der Waals surface area contributed by atoms with Crippen molar-refractivity contribution in [3.63, 3.8) is 0 Å². The number of aromatic hydroxyl groups is 1. The Balaban J connectivity index is 2.25. The second-order valence-electron chi connectivity index (χ2n) is 2.78. The van der Waals surface area contributed by atoms with Gasteiger partial charge in [0.05, 0.1) is 6.21 Å². The molecule has 2 rings (SSSR count). The van der Waals surface area contributed by atoms with E-state index in [-0.39, 0.29) is 10.8 Å². The molecule has 0 atom stereocenters. The molecule has 0 aromatic carbocycles. The molecule has 0 saturated carbocycles. The maximum absolute atomic E-state index is 10.8. The molecule has 0 aliphatic rings. The van der Waals surface area contributed by atoms with Crippen LogP contribution in [-0.4, -0.2) is 21.5 Å². The first-order valence-electron chi connectivity index (χ1n) is 4.04. The van der Waals surface area contributed by atoms with Gasteiger partial charge in [-0.1, -0.05) is 16.5 Å². The zero-order chi connectivity index (χ0) is 10.8. The van der Waals surface area contributed by atoms with Crippen LogP contribution in [0.5, 0.6) is 5.88 Å². The summed E-state index contributed by atoms with van der Waals surface area (Å²) in [5, 5.41) is 12.9. The van der Waals surface area contributed by atoms with Crippen LogP contribution in [0.1, 0.15) is 10.6 Å². The number of hydrogen-bond donors (Lipinski definition) is 2. The summed E-state index contributed by atoms with van der Waals surface area (Å²) in [4.78, 5) is 17.0. The molecule has 7 heteroatoms. The van der Waals surface area contributed by atoms with E-state index in [1.807, 2.05) is 0 Å². The highest BCUT2D eigenvalue weighted by molar-refractivity contribution is 7.11. The largest absolute Gasteiger partial charge is 0.493 e. The number of rotatable bonds is 2. The summed E-state index contributed by atoms with van der Waals surface area (Å²) in [6.07, 6.45) is 1.36. The van der Waals surface area contributed by atoms with E-state index in [0.29, 0.717) is 16.5 Å². The fourth-order valence-electron chi connectivity index (χ4n) is 0.958. The van der Waals surface area contributed by atoms with Crippen LogP contribution in [0.25, 0.3) is 0 Å². The third-order valence-corrected chi connectivity index (χ3v) is 2.39. The standard InChI is InChI=1S/C8H7N3O3S/c1-4-2-6(11-14-4)9-3-5-7(12)10-8(13)15-5/h2-3,12H,1H3,(H,10,13). The Labute approximate surface area is 87.9 Å². The molecular formula is C8H7N3O3S. The van der Waals surface area contributed by atoms with E-state index < -0.39 is 0 Å². The molecule has 2 aromatic heterocycles. The average molecular weight is 225 g/mol. The second-order valence-corrected chi connectivity index (χ2v) is 3.80. The third-order valence-electron chi connectivity index (χ3n) is 1.59. The predicted molar refractivity (Wildman–Crippen MR) is 55.1 cm³/mol. The Morgan fingerprint density at radius 2 is 2.53 bits per heavy atom. The minimum Gasteiger partial charge on any atom is -0.493 e. The van der Waals surface area contributed by atoms with Gasteiger partial charge in [-0.25, -0.2) is 4.99 Å². The summed E-state index contributed by atoms with van der Waals surface area (Å²) in [7, 11) is 0. The number of aryl methyl sites for hydroxylation is 1. The number of hydrogen-bond acceptors (Lipinski definition) is 6. The van der Waals surface area contributed by atoms with Gasteiger partial charge < -0.3 is 9.63 Å². The van der Waals surface area contributed by atoms with Crippen molar-refractivity contribution in [3.8, 4) is 5.88 Å². The molecule has 0 radical (unpaired) electrons. The number of nitrogens with one attached hydrogen (secondary N) is 1. The zero-order valence-corrected chi connectivity index (χ0v) is 8.54. The first-order chi connectivity index (χ1) is 7.15. The van der Waals surface area contributed by atoms with E-state index in [1.165, 1.54) is 6.21 Å². The summed E-state index contributed by atoms with van der Waals surface area (Å²) < 4.78 is 4.80. The van der Waals surface area contributed by atoms with Crippen molar-refractivity contribution < 1.29 is 9.63 Å². The van der Waals surface area contributed by atoms with Gasteiger partial charge in [-0.15, -0.1) is 0 Å². The lowest BCUT2D eigenvalue weighted by atomic mass is 10.5. The molecule has 0 aliphatic heterocycles. The predicted octanol–water partition coefficient (Wildman–Crippen LogP) is 1.19. The lowest BCUT2D eigenvalue weighted by Gasteiger charge is -1.84. The lowest BCUT2D eigenvalue weighted by molar-refractivity contribution is 0.399. The van der Waals surface area contributed by atoms with Crippen LogP contribution in [0.15, 0.2) is 20.4 Å². The van der Waals surface area contributed by atoms with Gasteiger partial charge >= 0.3 is 4.87 Å². The summed E-state index contributed by atoms with van der Waals surface area (Å²) in [5.41, 5.74) is 0. The van der Waals surface area contributed by atoms with Gasteiger partial charge in [-0.05, 0) is 6.92 Å². The normalized spacial score (nSPS) is 11.3. The molecule has 0 saturated heterocycles. The van der Waals surface area contributed by atoms with Gasteiger partial charge in [-0.2, -0.15) is 0 Å². The van der Waals surface area contributed by atoms with Gasteiger partial charge in [-0.3, -0.25) is 9.78 Å². The van der Waals surface area contributed by atoms with Crippen molar-refractivity contribution in [1.82, 2.24) is 10.1 Å². The van der Waals surface area contributed by atoms with Gasteiger partial charge in [0.1, 0.15) is 10.6 Å². The molecule has 6 nitrogen and oxygen atoms in total. The zero-order valence-electron chi connectivity index (χ0n) is 7.72. The minimum atomic E-state index is -0.328. The molecule has 78 valence electrons. The highest BCUT2D eigenvalue weighted by Crippen LogP contribution is 2.15. The van der Waals surface area contributed by atoms with Crippen LogP contribution in [0.4, 0.5) is 5.82 Å². The molecule has 0 unspecified atom stereocenters. The number of aromatic nitrogens is 2. The maximum atomic E-state index is 10.8. The van der Waals surface area contributed by atoms with E-state index in [1.54, 1.807) is 13.0 Å². The maximum Gasteiger partial charge on any atom is 0.307 e. The molecule has 2 heterocycles.